The molecule has 0 spiro atoms. The summed E-state index contributed by atoms with van der Waals surface area (Å²) in [5.41, 5.74) is 7.40. The van der Waals surface area contributed by atoms with Crippen LogP contribution in [0, 0.1) is 0 Å². The number of rotatable bonds is 3. The Hall–Kier alpha value is -1.33. The Balaban J connectivity index is 2.12. The Morgan fingerprint density at radius 2 is 1.88 bits per heavy atom. The lowest BCUT2D eigenvalue weighted by Crippen LogP contribution is -2.27. The molecule has 2 N–H and O–H groups in total. The fourth-order valence-corrected chi connectivity index (χ4v) is 2.03. The molecule has 5 heteroatoms. The first-order valence-electron chi connectivity index (χ1n) is 5.25. The first kappa shape index (κ1) is 11.2. The van der Waals surface area contributed by atoms with Crippen molar-refractivity contribution in [3.8, 4) is 0 Å². The summed E-state index contributed by atoms with van der Waals surface area (Å²) in [4.78, 5) is 6.25. The Morgan fingerprint density at radius 3 is 2.38 bits per heavy atom. The number of methoxy groups -OCH3 is 2. The molecule has 0 saturated carbocycles. The molecule has 0 aliphatic carbocycles. The van der Waals surface area contributed by atoms with Crippen LogP contribution >= 0.6 is 0 Å². The molecule has 2 atom stereocenters. The van der Waals surface area contributed by atoms with E-state index in [1.165, 1.54) is 0 Å². The number of anilines is 2. The first-order valence-corrected chi connectivity index (χ1v) is 5.25. The second kappa shape index (κ2) is 4.67. The summed E-state index contributed by atoms with van der Waals surface area (Å²) >= 11 is 0. The zero-order valence-electron chi connectivity index (χ0n) is 9.59. The van der Waals surface area contributed by atoms with Crippen LogP contribution in [-0.4, -0.2) is 44.5 Å². The Labute approximate surface area is 95.2 Å². The van der Waals surface area contributed by atoms with Crippen LogP contribution in [0.1, 0.15) is 0 Å². The molecule has 5 nitrogen and oxygen atoms in total. The van der Waals surface area contributed by atoms with Crippen LogP contribution in [-0.2, 0) is 9.47 Å². The van der Waals surface area contributed by atoms with E-state index >= 15 is 0 Å². The number of aromatic nitrogens is 1. The van der Waals surface area contributed by atoms with E-state index in [0.29, 0.717) is 5.69 Å². The summed E-state index contributed by atoms with van der Waals surface area (Å²) in [5, 5.41) is 0. The number of nitrogen functional groups attached to an aromatic ring is 1. The van der Waals surface area contributed by atoms with Crippen molar-refractivity contribution in [2.45, 2.75) is 12.2 Å². The molecular formula is C11H17N3O2. The van der Waals surface area contributed by atoms with Gasteiger partial charge in [0.1, 0.15) is 12.2 Å². The Kier molecular flexibility index (Phi) is 3.26. The van der Waals surface area contributed by atoms with Crippen molar-refractivity contribution in [3.05, 3.63) is 18.5 Å². The summed E-state index contributed by atoms with van der Waals surface area (Å²) in [7, 11) is 3.41. The van der Waals surface area contributed by atoms with Crippen molar-refractivity contribution < 1.29 is 9.47 Å². The van der Waals surface area contributed by atoms with E-state index < -0.39 is 0 Å². The summed E-state index contributed by atoms with van der Waals surface area (Å²) in [5.74, 6) is 0. The molecule has 16 heavy (non-hydrogen) atoms. The van der Waals surface area contributed by atoms with E-state index in [1.807, 2.05) is 6.07 Å². The SMILES string of the molecule is COC1CN(c2cncc(N)c2)CC1OC. The maximum absolute atomic E-state index is 5.71. The predicted octanol–water partition coefficient (Wildman–Crippen LogP) is 0.514. The molecule has 2 unspecified atom stereocenters. The van der Waals surface area contributed by atoms with Gasteiger partial charge < -0.3 is 20.1 Å². The average molecular weight is 223 g/mol. The first-order chi connectivity index (χ1) is 7.74. The van der Waals surface area contributed by atoms with Crippen LogP contribution in [0.3, 0.4) is 0 Å². The van der Waals surface area contributed by atoms with E-state index in [2.05, 4.69) is 9.88 Å². The van der Waals surface area contributed by atoms with Crippen molar-refractivity contribution in [1.29, 1.82) is 0 Å². The van der Waals surface area contributed by atoms with Crippen molar-refractivity contribution in [2.75, 3.05) is 37.9 Å². The van der Waals surface area contributed by atoms with Crippen LogP contribution in [0.5, 0.6) is 0 Å². The van der Waals surface area contributed by atoms with Gasteiger partial charge in [0.05, 0.1) is 17.6 Å². The molecule has 1 aromatic rings. The highest BCUT2D eigenvalue weighted by molar-refractivity contribution is 5.54. The molecule has 0 radical (unpaired) electrons. The van der Waals surface area contributed by atoms with Crippen molar-refractivity contribution >= 4 is 11.4 Å². The second-order valence-corrected chi connectivity index (χ2v) is 3.93. The summed E-state index contributed by atoms with van der Waals surface area (Å²) in [6, 6.07) is 1.91. The molecule has 0 aromatic carbocycles. The van der Waals surface area contributed by atoms with Gasteiger partial charge in [0.15, 0.2) is 0 Å². The lowest BCUT2D eigenvalue weighted by Gasteiger charge is -2.17. The topological polar surface area (TPSA) is 60.6 Å². The molecule has 2 heterocycles. The fourth-order valence-electron chi connectivity index (χ4n) is 2.03. The van der Waals surface area contributed by atoms with Gasteiger partial charge in [-0.3, -0.25) is 4.98 Å². The lowest BCUT2D eigenvalue weighted by molar-refractivity contribution is -0.00461. The van der Waals surface area contributed by atoms with Gasteiger partial charge in [0.2, 0.25) is 0 Å². The molecule has 1 aliphatic rings. The quantitative estimate of drug-likeness (QED) is 0.809. The highest BCUT2D eigenvalue weighted by atomic mass is 16.5. The van der Waals surface area contributed by atoms with Crippen molar-refractivity contribution in [1.82, 2.24) is 4.98 Å². The number of ether oxygens (including phenoxy) is 2. The van der Waals surface area contributed by atoms with E-state index in [4.69, 9.17) is 15.2 Å². The van der Waals surface area contributed by atoms with Gasteiger partial charge in [-0.25, -0.2) is 0 Å². The van der Waals surface area contributed by atoms with Gasteiger partial charge in [-0.15, -0.1) is 0 Å². The van der Waals surface area contributed by atoms with Crippen molar-refractivity contribution in [2.24, 2.45) is 0 Å². The van der Waals surface area contributed by atoms with Crippen LogP contribution in [0.25, 0.3) is 0 Å². The van der Waals surface area contributed by atoms with Crippen LogP contribution < -0.4 is 10.6 Å². The normalized spacial score (nSPS) is 25.0. The molecule has 1 fully saturated rings. The van der Waals surface area contributed by atoms with E-state index in [9.17, 15) is 0 Å². The number of nitrogens with two attached hydrogens (primary N) is 1. The van der Waals surface area contributed by atoms with Gasteiger partial charge >= 0.3 is 0 Å². The smallest absolute Gasteiger partial charge is 0.102 e. The molecule has 0 amide bonds. The number of pyridine rings is 1. The standard InChI is InChI=1S/C11H17N3O2/c1-15-10-6-14(7-11(10)16-2)9-3-8(12)4-13-5-9/h3-5,10-11H,6-7,12H2,1-2H3. The summed E-state index contributed by atoms with van der Waals surface area (Å²) in [6.07, 6.45) is 3.65. The Morgan fingerprint density at radius 1 is 1.25 bits per heavy atom. The van der Waals surface area contributed by atoms with Gasteiger partial charge in [-0.1, -0.05) is 0 Å². The summed E-state index contributed by atoms with van der Waals surface area (Å²) in [6.45, 7) is 1.61. The summed E-state index contributed by atoms with van der Waals surface area (Å²) < 4.78 is 10.8. The zero-order valence-corrected chi connectivity index (χ0v) is 9.59. The second-order valence-electron chi connectivity index (χ2n) is 3.93. The van der Waals surface area contributed by atoms with Gasteiger partial charge in [-0.05, 0) is 6.07 Å². The third-order valence-electron chi connectivity index (χ3n) is 2.93. The highest BCUT2D eigenvalue weighted by Gasteiger charge is 2.33. The largest absolute Gasteiger partial charge is 0.397 e. The number of hydrogen-bond acceptors (Lipinski definition) is 5. The maximum atomic E-state index is 5.71. The molecule has 1 aliphatic heterocycles. The van der Waals surface area contributed by atoms with E-state index in [1.54, 1.807) is 26.6 Å². The fraction of sp³-hybridized carbons (Fsp3) is 0.545. The Bertz CT molecular complexity index is 347. The molecular weight excluding hydrogens is 206 g/mol. The van der Waals surface area contributed by atoms with Gasteiger partial charge in [0, 0.05) is 33.5 Å². The number of hydrogen-bond donors (Lipinski definition) is 1. The molecule has 88 valence electrons. The third kappa shape index (κ3) is 2.10. The van der Waals surface area contributed by atoms with Crippen LogP contribution in [0.2, 0.25) is 0 Å². The van der Waals surface area contributed by atoms with Crippen LogP contribution in [0.15, 0.2) is 18.5 Å². The average Bonchev–Trinajstić information content (AvgIpc) is 2.72. The van der Waals surface area contributed by atoms with Gasteiger partial charge in [0.25, 0.3) is 0 Å². The van der Waals surface area contributed by atoms with Crippen LogP contribution in [0.4, 0.5) is 11.4 Å². The van der Waals surface area contributed by atoms with Crippen molar-refractivity contribution in [3.63, 3.8) is 0 Å². The molecule has 2 rings (SSSR count). The highest BCUT2D eigenvalue weighted by Crippen LogP contribution is 2.23. The maximum Gasteiger partial charge on any atom is 0.102 e. The molecule has 1 saturated heterocycles. The zero-order chi connectivity index (χ0) is 11.5. The van der Waals surface area contributed by atoms with E-state index in [0.717, 1.165) is 18.8 Å². The lowest BCUT2D eigenvalue weighted by atomic mass is 10.3. The number of nitrogens with zero attached hydrogens (tertiary/aromatic N) is 2. The minimum absolute atomic E-state index is 0.103. The monoisotopic (exact) mass is 223 g/mol. The molecule has 0 bridgehead atoms. The van der Waals surface area contributed by atoms with Gasteiger partial charge in [-0.2, -0.15) is 0 Å². The van der Waals surface area contributed by atoms with E-state index in [-0.39, 0.29) is 12.2 Å². The predicted molar refractivity (Wildman–Crippen MR) is 62.5 cm³/mol. The third-order valence-corrected chi connectivity index (χ3v) is 2.93. The molecule has 1 aromatic heterocycles. The minimum atomic E-state index is 0.103. The minimum Gasteiger partial charge on any atom is -0.397 e.